The third kappa shape index (κ3) is 10.1. The van der Waals surface area contributed by atoms with E-state index >= 15 is 0 Å². The van der Waals surface area contributed by atoms with E-state index in [2.05, 4.69) is 19.1 Å². The lowest BCUT2D eigenvalue weighted by Gasteiger charge is -2.03. The lowest BCUT2D eigenvalue weighted by Crippen LogP contribution is -2.17. The lowest BCUT2D eigenvalue weighted by atomic mass is 10.2. The van der Waals surface area contributed by atoms with Crippen LogP contribution in [0.2, 0.25) is 0 Å². The van der Waals surface area contributed by atoms with Gasteiger partial charge in [-0.15, -0.1) is 0 Å². The van der Waals surface area contributed by atoms with E-state index in [0.717, 1.165) is 19.3 Å². The summed E-state index contributed by atoms with van der Waals surface area (Å²) in [6.07, 6.45) is 5.56. The van der Waals surface area contributed by atoms with Gasteiger partial charge < -0.3 is 5.73 Å². The van der Waals surface area contributed by atoms with Crippen molar-refractivity contribution in [1.29, 1.82) is 0 Å². The first-order valence-electron chi connectivity index (χ1n) is 5.46. The van der Waals surface area contributed by atoms with Gasteiger partial charge >= 0.3 is 0 Å². The zero-order valence-electron chi connectivity index (χ0n) is 9.37. The van der Waals surface area contributed by atoms with Gasteiger partial charge in [0.25, 0.3) is 0 Å². The van der Waals surface area contributed by atoms with E-state index < -0.39 is 9.84 Å². The average Bonchev–Trinajstić information content (AvgIpc) is 2.15. The number of nitrogens with two attached hydrogens (primary N) is 1. The van der Waals surface area contributed by atoms with Crippen LogP contribution in [0.4, 0.5) is 0 Å². The number of thiocarbonyl (C=S) groups is 1. The molecule has 0 aromatic rings. The molecule has 0 aromatic carbocycles. The molecule has 0 saturated carbocycles. The molecular formula is C10H21NO2S2. The molecule has 5 heteroatoms. The predicted octanol–water partition coefficient (Wildman–Crippen LogP) is 2.05. The van der Waals surface area contributed by atoms with Crippen molar-refractivity contribution in [3.05, 3.63) is 0 Å². The lowest BCUT2D eigenvalue weighted by molar-refractivity contribution is 0.587. The van der Waals surface area contributed by atoms with E-state index in [1.165, 1.54) is 12.8 Å². The standard InChI is InChI=1S/C10H21NO2S2/c1-2-3-4-5-6-8-15(12,13)9-7-10(11)14/h2-9H2,1H3,(H2,11,14). The second-order valence-corrected chi connectivity index (χ2v) is 6.61. The van der Waals surface area contributed by atoms with Crippen LogP contribution in [-0.4, -0.2) is 24.9 Å². The summed E-state index contributed by atoms with van der Waals surface area (Å²) in [4.78, 5) is 0.282. The van der Waals surface area contributed by atoms with Crippen LogP contribution in [0.15, 0.2) is 0 Å². The zero-order chi connectivity index (χ0) is 11.7. The van der Waals surface area contributed by atoms with Crippen molar-refractivity contribution in [3.8, 4) is 0 Å². The molecule has 0 radical (unpaired) electrons. The molecular weight excluding hydrogens is 230 g/mol. The third-order valence-corrected chi connectivity index (χ3v) is 4.16. The fraction of sp³-hybridized carbons (Fsp3) is 0.900. The minimum Gasteiger partial charge on any atom is -0.393 e. The molecule has 0 spiro atoms. The van der Waals surface area contributed by atoms with Gasteiger partial charge in [-0.3, -0.25) is 0 Å². The minimum absolute atomic E-state index is 0.107. The number of hydrogen-bond donors (Lipinski definition) is 1. The topological polar surface area (TPSA) is 60.2 Å². The number of sulfone groups is 1. The van der Waals surface area contributed by atoms with Gasteiger partial charge in [0.1, 0.15) is 0 Å². The molecule has 3 nitrogen and oxygen atoms in total. The van der Waals surface area contributed by atoms with Crippen LogP contribution < -0.4 is 5.73 Å². The molecule has 0 aliphatic rings. The Morgan fingerprint density at radius 1 is 1.13 bits per heavy atom. The summed E-state index contributed by atoms with van der Waals surface area (Å²) in [5, 5.41) is 0. The SMILES string of the molecule is CCCCCCCS(=O)(=O)CCC(N)=S. The normalized spacial score (nSPS) is 11.5. The second kappa shape index (κ2) is 8.05. The van der Waals surface area contributed by atoms with Gasteiger partial charge in [0.15, 0.2) is 9.84 Å². The van der Waals surface area contributed by atoms with Crippen molar-refractivity contribution < 1.29 is 8.42 Å². The number of rotatable bonds is 9. The van der Waals surface area contributed by atoms with Crippen molar-refractivity contribution in [1.82, 2.24) is 0 Å². The molecule has 0 fully saturated rings. The summed E-state index contributed by atoms with van der Waals surface area (Å²) < 4.78 is 22.9. The summed E-state index contributed by atoms with van der Waals surface area (Å²) >= 11 is 4.65. The maximum atomic E-state index is 11.5. The third-order valence-electron chi connectivity index (χ3n) is 2.22. The van der Waals surface area contributed by atoms with E-state index in [0.29, 0.717) is 6.42 Å². The van der Waals surface area contributed by atoms with E-state index in [4.69, 9.17) is 5.73 Å². The molecule has 90 valence electrons. The first-order valence-corrected chi connectivity index (χ1v) is 7.69. The molecule has 0 aliphatic heterocycles. The Bertz CT molecular complexity index is 273. The van der Waals surface area contributed by atoms with Crippen LogP contribution >= 0.6 is 12.2 Å². The van der Waals surface area contributed by atoms with E-state index in [1.807, 2.05) is 0 Å². The Kier molecular flexibility index (Phi) is 7.96. The number of unbranched alkanes of at least 4 members (excludes halogenated alkanes) is 4. The molecule has 0 amide bonds. The smallest absolute Gasteiger partial charge is 0.150 e. The molecule has 2 N–H and O–H groups in total. The Morgan fingerprint density at radius 2 is 1.73 bits per heavy atom. The van der Waals surface area contributed by atoms with Crippen molar-refractivity contribution in [2.45, 2.75) is 45.4 Å². The maximum Gasteiger partial charge on any atom is 0.150 e. The summed E-state index contributed by atoms with van der Waals surface area (Å²) in [5.41, 5.74) is 5.26. The van der Waals surface area contributed by atoms with Crippen LogP contribution in [0, 0.1) is 0 Å². The van der Waals surface area contributed by atoms with E-state index in [9.17, 15) is 8.42 Å². The molecule has 0 aromatic heterocycles. The fourth-order valence-electron chi connectivity index (χ4n) is 1.28. The molecule has 0 atom stereocenters. The summed E-state index contributed by atoms with van der Waals surface area (Å²) in [6.45, 7) is 2.14. The van der Waals surface area contributed by atoms with E-state index in [-0.39, 0.29) is 16.5 Å². The largest absolute Gasteiger partial charge is 0.393 e. The number of hydrogen-bond acceptors (Lipinski definition) is 3. The Labute approximate surface area is 98.3 Å². The van der Waals surface area contributed by atoms with E-state index in [1.54, 1.807) is 0 Å². The monoisotopic (exact) mass is 251 g/mol. The van der Waals surface area contributed by atoms with Gasteiger partial charge in [-0.05, 0) is 6.42 Å². The Balaban J connectivity index is 3.61. The highest BCUT2D eigenvalue weighted by Gasteiger charge is 2.10. The van der Waals surface area contributed by atoms with Crippen LogP contribution in [-0.2, 0) is 9.84 Å². The molecule has 15 heavy (non-hydrogen) atoms. The highest BCUT2D eigenvalue weighted by Crippen LogP contribution is 2.05. The highest BCUT2D eigenvalue weighted by atomic mass is 32.2. The average molecular weight is 251 g/mol. The van der Waals surface area contributed by atoms with Gasteiger partial charge in [-0.1, -0.05) is 44.8 Å². The minimum atomic E-state index is -2.93. The van der Waals surface area contributed by atoms with Gasteiger partial charge in [0.2, 0.25) is 0 Å². The van der Waals surface area contributed by atoms with Crippen LogP contribution in [0.5, 0.6) is 0 Å². The maximum absolute atomic E-state index is 11.5. The van der Waals surface area contributed by atoms with Crippen molar-refractivity contribution >= 4 is 27.0 Å². The molecule has 0 bridgehead atoms. The van der Waals surface area contributed by atoms with Gasteiger partial charge in [-0.2, -0.15) is 0 Å². The van der Waals surface area contributed by atoms with Gasteiger partial charge in [0, 0.05) is 6.42 Å². The van der Waals surface area contributed by atoms with Gasteiger partial charge in [0.05, 0.1) is 16.5 Å². The predicted molar refractivity (Wildman–Crippen MR) is 68.8 cm³/mol. The first-order chi connectivity index (χ1) is 6.98. The second-order valence-electron chi connectivity index (χ2n) is 3.78. The highest BCUT2D eigenvalue weighted by molar-refractivity contribution is 7.91. The first kappa shape index (κ1) is 14.8. The molecule has 0 unspecified atom stereocenters. The van der Waals surface area contributed by atoms with Crippen LogP contribution in [0.1, 0.15) is 45.4 Å². The molecule has 0 aliphatic carbocycles. The van der Waals surface area contributed by atoms with Crippen LogP contribution in [0.25, 0.3) is 0 Å². The van der Waals surface area contributed by atoms with Crippen LogP contribution in [0.3, 0.4) is 0 Å². The molecule has 0 saturated heterocycles. The van der Waals surface area contributed by atoms with Gasteiger partial charge in [-0.25, -0.2) is 8.42 Å². The summed E-state index contributed by atoms with van der Waals surface area (Å²) in [6, 6.07) is 0. The summed E-state index contributed by atoms with van der Waals surface area (Å²) in [5.74, 6) is 0.384. The quantitative estimate of drug-likeness (QED) is 0.503. The fourth-order valence-corrected chi connectivity index (χ4v) is 2.89. The molecule has 0 rings (SSSR count). The Hall–Kier alpha value is -0.160. The summed E-state index contributed by atoms with van der Waals surface area (Å²) in [7, 11) is -2.93. The Morgan fingerprint density at radius 3 is 2.27 bits per heavy atom. The van der Waals surface area contributed by atoms with Crippen molar-refractivity contribution in [2.75, 3.05) is 11.5 Å². The molecule has 0 heterocycles. The zero-order valence-corrected chi connectivity index (χ0v) is 11.0. The van der Waals surface area contributed by atoms with Crippen molar-refractivity contribution in [2.24, 2.45) is 5.73 Å². The van der Waals surface area contributed by atoms with Crippen molar-refractivity contribution in [3.63, 3.8) is 0 Å².